The molecule has 0 radical (unpaired) electrons. The van der Waals surface area contributed by atoms with Crippen LogP contribution in [0.5, 0.6) is 5.75 Å². The lowest BCUT2D eigenvalue weighted by atomic mass is 10.0. The highest BCUT2D eigenvalue weighted by Crippen LogP contribution is 2.26. The molecule has 1 aromatic carbocycles. The van der Waals surface area contributed by atoms with Crippen molar-refractivity contribution in [3.63, 3.8) is 0 Å². The first-order valence-corrected chi connectivity index (χ1v) is 7.71. The zero-order valence-corrected chi connectivity index (χ0v) is 13.0. The molecule has 0 spiro atoms. The van der Waals surface area contributed by atoms with Crippen LogP contribution in [0.15, 0.2) is 30.4 Å². The highest BCUT2D eigenvalue weighted by molar-refractivity contribution is 5.94. The lowest BCUT2D eigenvalue weighted by molar-refractivity contribution is 0.0284. The number of benzene rings is 1. The predicted molar refractivity (Wildman–Crippen MR) is 87.0 cm³/mol. The Morgan fingerprint density at radius 3 is 3.00 bits per heavy atom. The zero-order chi connectivity index (χ0) is 15.8. The minimum atomic E-state index is -0.346. The molecule has 0 saturated carbocycles. The van der Waals surface area contributed by atoms with Gasteiger partial charge in [-0.15, -0.1) is 12.3 Å². The largest absolute Gasteiger partial charge is 0.496 e. The summed E-state index contributed by atoms with van der Waals surface area (Å²) in [5.41, 5.74) is 1.43. The molecule has 1 aliphatic rings. The first-order valence-electron chi connectivity index (χ1n) is 7.71. The van der Waals surface area contributed by atoms with Gasteiger partial charge in [-0.1, -0.05) is 24.3 Å². The minimum Gasteiger partial charge on any atom is -0.496 e. The number of rotatable bonds is 2. The number of esters is 1. The van der Waals surface area contributed by atoms with E-state index in [9.17, 15) is 4.79 Å². The van der Waals surface area contributed by atoms with Crippen molar-refractivity contribution in [2.24, 2.45) is 0 Å². The Balaban J connectivity index is 2.35. The third kappa shape index (κ3) is 4.14. The van der Waals surface area contributed by atoms with Crippen molar-refractivity contribution in [1.29, 1.82) is 0 Å². The van der Waals surface area contributed by atoms with Gasteiger partial charge in [0.25, 0.3) is 0 Å². The number of ether oxygens (including phenoxy) is 2. The van der Waals surface area contributed by atoms with Crippen molar-refractivity contribution in [2.75, 3.05) is 7.11 Å². The second-order valence-electron chi connectivity index (χ2n) is 5.39. The molecule has 0 saturated heterocycles. The van der Waals surface area contributed by atoms with E-state index in [4.69, 9.17) is 15.9 Å². The molecule has 0 amide bonds. The van der Waals surface area contributed by atoms with Crippen LogP contribution >= 0.6 is 0 Å². The SMILES string of the molecule is C#CCC1CCCC/C=C/Cc2cccc(OC)c2C(=O)O1. The molecule has 0 aromatic heterocycles. The molecule has 0 bridgehead atoms. The molecule has 22 heavy (non-hydrogen) atoms. The van der Waals surface area contributed by atoms with Crippen molar-refractivity contribution in [2.45, 2.75) is 44.6 Å². The van der Waals surface area contributed by atoms with E-state index in [-0.39, 0.29) is 12.1 Å². The Bertz CT molecular complexity index is 581. The fraction of sp³-hybridized carbons (Fsp3) is 0.421. The Kier molecular flexibility index (Phi) is 6.09. The molecule has 3 heteroatoms. The maximum atomic E-state index is 12.6. The van der Waals surface area contributed by atoms with Gasteiger partial charge in [0.15, 0.2) is 0 Å². The van der Waals surface area contributed by atoms with Crippen LogP contribution in [0.25, 0.3) is 0 Å². The van der Waals surface area contributed by atoms with E-state index in [2.05, 4.69) is 18.1 Å². The van der Waals surface area contributed by atoms with Gasteiger partial charge in [-0.3, -0.25) is 0 Å². The number of fused-ring (bicyclic) bond motifs is 1. The number of cyclic esters (lactones) is 1. The fourth-order valence-electron chi connectivity index (χ4n) is 2.66. The van der Waals surface area contributed by atoms with Crippen LogP contribution in [0.4, 0.5) is 0 Å². The van der Waals surface area contributed by atoms with E-state index >= 15 is 0 Å². The number of allylic oxidation sites excluding steroid dienone is 2. The summed E-state index contributed by atoms with van der Waals surface area (Å²) in [5, 5.41) is 0. The molecule has 116 valence electrons. The van der Waals surface area contributed by atoms with Crippen LogP contribution in [0, 0.1) is 12.3 Å². The smallest absolute Gasteiger partial charge is 0.342 e. The summed E-state index contributed by atoms with van der Waals surface area (Å²) in [6.07, 6.45) is 14.5. The van der Waals surface area contributed by atoms with E-state index in [0.717, 1.165) is 31.2 Å². The topological polar surface area (TPSA) is 35.5 Å². The second kappa shape index (κ2) is 8.29. The standard InChI is InChI=1S/C19H22O3/c1-3-10-16-13-8-6-4-5-7-11-15-12-9-14-17(21-2)18(15)19(20)22-16/h1,5,7,9,12,14,16H,4,6,8,10-11,13H2,2H3/b7-5+. The molecule has 1 aliphatic heterocycles. The van der Waals surface area contributed by atoms with Gasteiger partial charge in [0.2, 0.25) is 0 Å². The lowest BCUT2D eigenvalue weighted by Gasteiger charge is -2.18. The third-order valence-electron chi connectivity index (χ3n) is 3.81. The number of carbonyl (C=O) groups excluding carboxylic acids is 1. The first kappa shape index (κ1) is 16.2. The van der Waals surface area contributed by atoms with Gasteiger partial charge in [-0.05, 0) is 43.7 Å². The van der Waals surface area contributed by atoms with E-state index in [0.29, 0.717) is 24.2 Å². The zero-order valence-electron chi connectivity index (χ0n) is 13.0. The maximum absolute atomic E-state index is 12.6. The van der Waals surface area contributed by atoms with Gasteiger partial charge in [0.1, 0.15) is 17.4 Å². The minimum absolute atomic E-state index is 0.223. The van der Waals surface area contributed by atoms with Crippen LogP contribution < -0.4 is 4.74 Å². The average Bonchev–Trinajstić information content (AvgIpc) is 2.52. The van der Waals surface area contributed by atoms with Crippen molar-refractivity contribution in [1.82, 2.24) is 0 Å². The molecule has 1 unspecified atom stereocenters. The van der Waals surface area contributed by atoms with Gasteiger partial charge in [0.05, 0.1) is 7.11 Å². The van der Waals surface area contributed by atoms with Crippen LogP contribution in [-0.4, -0.2) is 19.2 Å². The average molecular weight is 298 g/mol. The molecule has 1 heterocycles. The van der Waals surface area contributed by atoms with Gasteiger partial charge < -0.3 is 9.47 Å². The Labute approximate surface area is 132 Å². The van der Waals surface area contributed by atoms with Crippen molar-refractivity contribution in [3.8, 4) is 18.1 Å². The van der Waals surface area contributed by atoms with Crippen LogP contribution in [0.1, 0.15) is 48.0 Å². The highest BCUT2D eigenvalue weighted by atomic mass is 16.5. The van der Waals surface area contributed by atoms with E-state index in [1.165, 1.54) is 0 Å². The summed E-state index contributed by atoms with van der Waals surface area (Å²) in [4.78, 5) is 12.6. The molecule has 0 aliphatic carbocycles. The summed E-state index contributed by atoms with van der Waals surface area (Å²) in [6, 6.07) is 5.61. The molecule has 2 rings (SSSR count). The molecular weight excluding hydrogens is 276 g/mol. The third-order valence-corrected chi connectivity index (χ3v) is 3.81. The molecule has 1 aromatic rings. The summed E-state index contributed by atoms with van der Waals surface area (Å²) in [7, 11) is 1.56. The summed E-state index contributed by atoms with van der Waals surface area (Å²) in [6.45, 7) is 0. The van der Waals surface area contributed by atoms with Crippen LogP contribution in [0.3, 0.4) is 0 Å². The molecular formula is C19H22O3. The summed E-state index contributed by atoms with van der Waals surface area (Å²) in [5.74, 6) is 2.80. The molecule has 3 nitrogen and oxygen atoms in total. The maximum Gasteiger partial charge on any atom is 0.342 e. The first-order chi connectivity index (χ1) is 10.8. The molecule has 1 atom stereocenters. The number of hydrogen-bond donors (Lipinski definition) is 0. The Morgan fingerprint density at radius 2 is 2.23 bits per heavy atom. The van der Waals surface area contributed by atoms with E-state index in [1.54, 1.807) is 13.2 Å². The highest BCUT2D eigenvalue weighted by Gasteiger charge is 2.21. The number of terminal acetylenes is 1. The quantitative estimate of drug-likeness (QED) is 0.471. The summed E-state index contributed by atoms with van der Waals surface area (Å²) < 4.78 is 11.0. The van der Waals surface area contributed by atoms with Crippen LogP contribution in [0.2, 0.25) is 0 Å². The monoisotopic (exact) mass is 298 g/mol. The van der Waals surface area contributed by atoms with Gasteiger partial charge in [0, 0.05) is 6.42 Å². The fourth-order valence-corrected chi connectivity index (χ4v) is 2.66. The van der Waals surface area contributed by atoms with E-state index < -0.39 is 0 Å². The number of hydrogen-bond acceptors (Lipinski definition) is 3. The number of methoxy groups -OCH3 is 1. The Morgan fingerprint density at radius 1 is 1.36 bits per heavy atom. The number of carbonyl (C=O) groups is 1. The molecule has 0 N–H and O–H groups in total. The van der Waals surface area contributed by atoms with Gasteiger partial charge in [-0.2, -0.15) is 0 Å². The normalized spacial score (nSPS) is 20.5. The van der Waals surface area contributed by atoms with Crippen molar-refractivity contribution < 1.29 is 14.3 Å². The van der Waals surface area contributed by atoms with Crippen molar-refractivity contribution in [3.05, 3.63) is 41.5 Å². The second-order valence-corrected chi connectivity index (χ2v) is 5.39. The van der Waals surface area contributed by atoms with Crippen molar-refractivity contribution >= 4 is 5.97 Å². The predicted octanol–water partition coefficient (Wildman–Crippen LogP) is 3.92. The van der Waals surface area contributed by atoms with E-state index in [1.807, 2.05) is 12.1 Å². The summed E-state index contributed by atoms with van der Waals surface area (Å²) >= 11 is 0. The molecule has 0 fully saturated rings. The van der Waals surface area contributed by atoms with Gasteiger partial charge >= 0.3 is 5.97 Å². The Hall–Kier alpha value is -2.21. The van der Waals surface area contributed by atoms with Crippen LogP contribution in [-0.2, 0) is 11.2 Å². The lowest BCUT2D eigenvalue weighted by Crippen LogP contribution is -2.20. The van der Waals surface area contributed by atoms with Gasteiger partial charge in [-0.25, -0.2) is 4.79 Å².